The Balaban J connectivity index is 2.13. The monoisotopic (exact) mass is 280 g/mol. The molecule has 1 amide bonds. The molecule has 2 atom stereocenters. The van der Waals surface area contributed by atoms with Crippen LogP contribution in [-0.2, 0) is 0 Å². The SMILES string of the molecule is CC1CN(C(=O)c2cccc(N(C)C)c2)CCC1Cl. The first kappa shape index (κ1) is 14.2. The van der Waals surface area contributed by atoms with Crippen molar-refractivity contribution < 1.29 is 4.79 Å². The third kappa shape index (κ3) is 3.21. The number of likely N-dealkylation sites (tertiary alicyclic amines) is 1. The molecule has 1 aliphatic heterocycles. The highest BCUT2D eigenvalue weighted by atomic mass is 35.5. The van der Waals surface area contributed by atoms with Gasteiger partial charge in [0.25, 0.3) is 5.91 Å². The van der Waals surface area contributed by atoms with E-state index in [1.165, 1.54) is 0 Å². The average Bonchev–Trinajstić information content (AvgIpc) is 2.41. The number of carbonyl (C=O) groups is 1. The van der Waals surface area contributed by atoms with Crippen molar-refractivity contribution in [1.29, 1.82) is 0 Å². The molecule has 0 aromatic heterocycles. The molecule has 0 bridgehead atoms. The van der Waals surface area contributed by atoms with Crippen molar-refractivity contribution in [3.05, 3.63) is 29.8 Å². The van der Waals surface area contributed by atoms with Crippen LogP contribution >= 0.6 is 11.6 Å². The Bertz CT molecular complexity index is 461. The van der Waals surface area contributed by atoms with Crippen LogP contribution in [0.1, 0.15) is 23.7 Å². The van der Waals surface area contributed by atoms with Crippen molar-refractivity contribution in [2.45, 2.75) is 18.7 Å². The summed E-state index contributed by atoms with van der Waals surface area (Å²) in [5.41, 5.74) is 1.80. The van der Waals surface area contributed by atoms with Gasteiger partial charge < -0.3 is 9.80 Å². The zero-order chi connectivity index (χ0) is 14.0. The van der Waals surface area contributed by atoms with E-state index in [1.54, 1.807) is 0 Å². The van der Waals surface area contributed by atoms with Gasteiger partial charge in [0.05, 0.1) is 0 Å². The number of hydrogen-bond acceptors (Lipinski definition) is 2. The molecule has 0 spiro atoms. The summed E-state index contributed by atoms with van der Waals surface area (Å²) in [6.45, 7) is 3.61. The van der Waals surface area contributed by atoms with Crippen LogP contribution in [0, 0.1) is 5.92 Å². The van der Waals surface area contributed by atoms with Crippen molar-refractivity contribution in [3.63, 3.8) is 0 Å². The van der Waals surface area contributed by atoms with E-state index in [1.807, 2.05) is 48.2 Å². The summed E-state index contributed by atoms with van der Waals surface area (Å²) in [6.07, 6.45) is 0.877. The van der Waals surface area contributed by atoms with Gasteiger partial charge in [-0.1, -0.05) is 13.0 Å². The maximum Gasteiger partial charge on any atom is 0.253 e. The quantitative estimate of drug-likeness (QED) is 0.778. The molecule has 1 aliphatic rings. The molecule has 1 fully saturated rings. The average molecular weight is 281 g/mol. The summed E-state index contributed by atoms with van der Waals surface area (Å²) in [4.78, 5) is 16.4. The lowest BCUT2D eigenvalue weighted by Crippen LogP contribution is -2.43. The van der Waals surface area contributed by atoms with Crippen LogP contribution in [0.2, 0.25) is 0 Å². The summed E-state index contributed by atoms with van der Waals surface area (Å²) in [5, 5.41) is 0.192. The third-order valence-electron chi connectivity index (χ3n) is 3.70. The minimum Gasteiger partial charge on any atom is -0.378 e. The van der Waals surface area contributed by atoms with E-state index in [2.05, 4.69) is 6.92 Å². The number of amides is 1. The van der Waals surface area contributed by atoms with Gasteiger partial charge in [0.15, 0.2) is 0 Å². The molecule has 0 aliphatic carbocycles. The molecular weight excluding hydrogens is 260 g/mol. The van der Waals surface area contributed by atoms with Gasteiger partial charge in [0.2, 0.25) is 0 Å². The van der Waals surface area contributed by atoms with E-state index < -0.39 is 0 Å². The minimum atomic E-state index is 0.110. The van der Waals surface area contributed by atoms with Gasteiger partial charge in [-0.15, -0.1) is 11.6 Å². The molecule has 104 valence electrons. The van der Waals surface area contributed by atoms with Crippen molar-refractivity contribution in [2.24, 2.45) is 5.92 Å². The molecule has 0 saturated carbocycles. The third-order valence-corrected chi connectivity index (χ3v) is 4.35. The number of hydrogen-bond donors (Lipinski definition) is 0. The van der Waals surface area contributed by atoms with Gasteiger partial charge in [-0.3, -0.25) is 4.79 Å². The van der Waals surface area contributed by atoms with Gasteiger partial charge in [0, 0.05) is 43.8 Å². The highest BCUT2D eigenvalue weighted by Crippen LogP contribution is 2.23. The lowest BCUT2D eigenvalue weighted by Gasteiger charge is -2.34. The van der Waals surface area contributed by atoms with Crippen LogP contribution in [0.15, 0.2) is 24.3 Å². The topological polar surface area (TPSA) is 23.6 Å². The fraction of sp³-hybridized carbons (Fsp3) is 0.533. The predicted octanol–water partition coefficient (Wildman–Crippen LogP) is 2.84. The Morgan fingerprint density at radius 1 is 1.42 bits per heavy atom. The first-order valence-electron chi connectivity index (χ1n) is 6.69. The van der Waals surface area contributed by atoms with Crippen LogP contribution in [0.4, 0.5) is 5.69 Å². The van der Waals surface area contributed by atoms with Gasteiger partial charge in [-0.05, 0) is 30.5 Å². The maximum atomic E-state index is 12.5. The standard InChI is InChI=1S/C15H21ClN2O/c1-11-10-18(8-7-14(11)16)15(19)12-5-4-6-13(9-12)17(2)3/h4-6,9,11,14H,7-8,10H2,1-3H3. The number of piperidine rings is 1. The number of alkyl halides is 1. The second-order valence-electron chi connectivity index (χ2n) is 5.48. The molecule has 0 N–H and O–H groups in total. The summed E-state index contributed by atoms with van der Waals surface area (Å²) >= 11 is 6.21. The van der Waals surface area contributed by atoms with E-state index in [-0.39, 0.29) is 11.3 Å². The molecule has 1 aromatic rings. The summed E-state index contributed by atoms with van der Waals surface area (Å²) in [5.74, 6) is 0.468. The van der Waals surface area contributed by atoms with Crippen LogP contribution in [0.5, 0.6) is 0 Å². The van der Waals surface area contributed by atoms with Gasteiger partial charge >= 0.3 is 0 Å². The lowest BCUT2D eigenvalue weighted by molar-refractivity contribution is 0.0687. The summed E-state index contributed by atoms with van der Waals surface area (Å²) in [6, 6.07) is 7.76. The molecule has 4 heteroatoms. The molecule has 1 saturated heterocycles. The van der Waals surface area contributed by atoms with Gasteiger partial charge in [0.1, 0.15) is 0 Å². The Morgan fingerprint density at radius 3 is 2.79 bits per heavy atom. The smallest absolute Gasteiger partial charge is 0.253 e. The van der Waals surface area contributed by atoms with Crippen LogP contribution in [0.3, 0.4) is 0 Å². The fourth-order valence-corrected chi connectivity index (χ4v) is 2.58. The molecular formula is C15H21ClN2O. The number of anilines is 1. The van der Waals surface area contributed by atoms with E-state index in [0.717, 1.165) is 30.8 Å². The Labute approximate surface area is 120 Å². The lowest BCUT2D eigenvalue weighted by atomic mass is 9.99. The normalized spacial score (nSPS) is 23.3. The van der Waals surface area contributed by atoms with E-state index >= 15 is 0 Å². The zero-order valence-electron chi connectivity index (χ0n) is 11.8. The molecule has 2 unspecified atom stereocenters. The summed E-state index contributed by atoms with van der Waals surface area (Å²) < 4.78 is 0. The number of nitrogens with zero attached hydrogens (tertiary/aromatic N) is 2. The van der Waals surface area contributed by atoms with Crippen molar-refractivity contribution in [2.75, 3.05) is 32.1 Å². The number of benzene rings is 1. The minimum absolute atomic E-state index is 0.110. The van der Waals surface area contributed by atoms with Crippen LogP contribution in [0.25, 0.3) is 0 Å². The first-order valence-corrected chi connectivity index (χ1v) is 7.13. The zero-order valence-corrected chi connectivity index (χ0v) is 12.5. The Kier molecular flexibility index (Phi) is 4.35. The van der Waals surface area contributed by atoms with E-state index in [0.29, 0.717) is 5.92 Å². The molecule has 0 radical (unpaired) electrons. The van der Waals surface area contributed by atoms with Gasteiger partial charge in [-0.25, -0.2) is 0 Å². The molecule has 1 heterocycles. The van der Waals surface area contributed by atoms with E-state index in [4.69, 9.17) is 11.6 Å². The Morgan fingerprint density at radius 2 is 2.16 bits per heavy atom. The maximum absolute atomic E-state index is 12.5. The number of rotatable bonds is 2. The van der Waals surface area contributed by atoms with Crippen LogP contribution < -0.4 is 4.90 Å². The van der Waals surface area contributed by atoms with Crippen molar-refractivity contribution in [1.82, 2.24) is 4.90 Å². The highest BCUT2D eigenvalue weighted by molar-refractivity contribution is 6.20. The fourth-order valence-electron chi connectivity index (χ4n) is 2.40. The number of carbonyl (C=O) groups excluding carboxylic acids is 1. The largest absolute Gasteiger partial charge is 0.378 e. The van der Waals surface area contributed by atoms with Crippen molar-refractivity contribution >= 4 is 23.2 Å². The van der Waals surface area contributed by atoms with Crippen molar-refractivity contribution in [3.8, 4) is 0 Å². The van der Waals surface area contributed by atoms with Crippen LogP contribution in [-0.4, -0.2) is 43.4 Å². The molecule has 1 aromatic carbocycles. The Hall–Kier alpha value is -1.22. The van der Waals surface area contributed by atoms with Gasteiger partial charge in [-0.2, -0.15) is 0 Å². The second-order valence-corrected chi connectivity index (χ2v) is 6.04. The highest BCUT2D eigenvalue weighted by Gasteiger charge is 2.27. The molecule has 2 rings (SSSR count). The molecule has 19 heavy (non-hydrogen) atoms. The first-order chi connectivity index (χ1) is 8.99. The predicted molar refractivity (Wildman–Crippen MR) is 80.1 cm³/mol. The number of halogens is 1. The second kappa shape index (κ2) is 5.83. The van der Waals surface area contributed by atoms with E-state index in [9.17, 15) is 4.79 Å². The summed E-state index contributed by atoms with van der Waals surface area (Å²) in [7, 11) is 3.95. The molecule has 3 nitrogen and oxygen atoms in total.